The lowest BCUT2D eigenvalue weighted by Crippen LogP contribution is -2.43. The first kappa shape index (κ1) is 25.4. The van der Waals surface area contributed by atoms with Gasteiger partial charge in [-0.1, -0.05) is 19.8 Å². The molecule has 0 aromatic carbocycles. The maximum Gasteiger partial charge on any atom is 0.237 e. The Balaban J connectivity index is 3.73. The van der Waals surface area contributed by atoms with Crippen LogP contribution in [0.2, 0.25) is 0 Å². The Labute approximate surface area is 162 Å². The summed E-state index contributed by atoms with van der Waals surface area (Å²) in [6, 6.07) is -0.218. The first-order valence-electron chi connectivity index (χ1n) is 9.79. The topological polar surface area (TPSA) is 151 Å². The van der Waals surface area contributed by atoms with Gasteiger partial charge in [0.1, 0.15) is 0 Å². The van der Waals surface area contributed by atoms with E-state index < -0.39 is 0 Å². The van der Waals surface area contributed by atoms with Crippen molar-refractivity contribution < 1.29 is 14.4 Å². The summed E-state index contributed by atoms with van der Waals surface area (Å²) in [6.45, 7) is 4.07. The van der Waals surface area contributed by atoms with Crippen molar-refractivity contribution >= 4 is 17.6 Å². The number of carbonyl (C=O) groups excluding carboxylic acids is 3. The summed E-state index contributed by atoms with van der Waals surface area (Å²) in [7, 11) is 1.78. The zero-order valence-electron chi connectivity index (χ0n) is 16.8. The molecule has 0 spiro atoms. The predicted octanol–water partition coefficient (Wildman–Crippen LogP) is -1.18. The van der Waals surface area contributed by atoms with Crippen molar-refractivity contribution in [1.29, 1.82) is 0 Å². The van der Waals surface area contributed by atoms with Crippen molar-refractivity contribution in [2.24, 2.45) is 17.4 Å². The molecule has 0 aromatic heterocycles. The molecule has 0 heterocycles. The third-order valence-corrected chi connectivity index (χ3v) is 4.40. The molecular weight excluding hydrogens is 348 g/mol. The molecule has 0 aliphatic rings. The van der Waals surface area contributed by atoms with Crippen LogP contribution in [0.1, 0.15) is 45.4 Å². The van der Waals surface area contributed by atoms with Crippen LogP contribution in [-0.2, 0) is 14.4 Å². The first-order valence-corrected chi connectivity index (χ1v) is 9.79. The van der Waals surface area contributed by atoms with Crippen LogP contribution in [0.5, 0.6) is 0 Å². The number of rotatable bonds is 18. The van der Waals surface area contributed by atoms with E-state index >= 15 is 0 Å². The summed E-state index contributed by atoms with van der Waals surface area (Å²) in [5.74, 6) is -0.318. The van der Waals surface area contributed by atoms with Gasteiger partial charge in [-0.15, -0.1) is 0 Å². The van der Waals surface area contributed by atoms with Crippen molar-refractivity contribution in [1.82, 2.24) is 21.3 Å². The van der Waals surface area contributed by atoms with Crippen molar-refractivity contribution in [3.8, 4) is 0 Å². The number of ketones is 1. The molecule has 0 aliphatic carbocycles. The molecule has 0 aliphatic heterocycles. The van der Waals surface area contributed by atoms with Gasteiger partial charge >= 0.3 is 0 Å². The highest BCUT2D eigenvalue weighted by Gasteiger charge is 2.15. The number of unbranched alkanes of at least 4 members (excludes halogenated alkanes) is 2. The van der Waals surface area contributed by atoms with Crippen molar-refractivity contribution in [3.05, 3.63) is 0 Å². The molecule has 0 unspecified atom stereocenters. The van der Waals surface area contributed by atoms with Crippen LogP contribution in [0.25, 0.3) is 0 Å². The van der Waals surface area contributed by atoms with E-state index in [9.17, 15) is 14.4 Å². The number of likely N-dealkylation sites (N-methyl/N-ethyl adjacent to an activating group) is 1. The second kappa shape index (κ2) is 16.6. The summed E-state index contributed by atoms with van der Waals surface area (Å²) >= 11 is 0. The monoisotopic (exact) mass is 386 g/mol. The van der Waals surface area contributed by atoms with Gasteiger partial charge < -0.3 is 27.4 Å². The number of Topliss-reactive ketones (excluding diaryl/α,β-unsaturated/α-hetero) is 1. The summed E-state index contributed by atoms with van der Waals surface area (Å²) in [4.78, 5) is 34.6. The number of carbonyl (C=O) groups is 3. The molecule has 0 saturated heterocycles. The van der Waals surface area contributed by atoms with E-state index in [1.807, 2.05) is 6.92 Å². The Morgan fingerprint density at radius 1 is 0.926 bits per heavy atom. The smallest absolute Gasteiger partial charge is 0.237 e. The number of nitrogens with one attached hydrogen (secondary N) is 4. The fourth-order valence-corrected chi connectivity index (χ4v) is 2.56. The third-order valence-electron chi connectivity index (χ3n) is 4.40. The molecule has 0 fully saturated rings. The van der Waals surface area contributed by atoms with Crippen LogP contribution < -0.4 is 32.7 Å². The average Bonchev–Trinajstić information content (AvgIpc) is 2.64. The maximum atomic E-state index is 12.2. The quantitative estimate of drug-likeness (QED) is 0.128. The van der Waals surface area contributed by atoms with E-state index in [-0.39, 0.29) is 36.1 Å². The summed E-state index contributed by atoms with van der Waals surface area (Å²) in [5, 5.41) is 11.8. The van der Waals surface area contributed by atoms with Crippen molar-refractivity contribution in [3.63, 3.8) is 0 Å². The summed E-state index contributed by atoms with van der Waals surface area (Å²) in [5.41, 5.74) is 10.5. The Morgan fingerprint density at radius 3 is 2.19 bits per heavy atom. The molecule has 158 valence electrons. The minimum Gasteiger partial charge on any atom is -0.369 e. The lowest BCUT2D eigenvalue weighted by atomic mass is 10.0. The first-order chi connectivity index (χ1) is 12.9. The Morgan fingerprint density at radius 2 is 1.56 bits per heavy atom. The molecule has 27 heavy (non-hydrogen) atoms. The number of hydrogen-bond donors (Lipinski definition) is 6. The average molecular weight is 387 g/mol. The molecule has 0 rings (SSSR count). The molecule has 9 heteroatoms. The van der Waals surface area contributed by atoms with Gasteiger partial charge in [-0.3, -0.25) is 19.7 Å². The van der Waals surface area contributed by atoms with E-state index in [0.717, 1.165) is 45.1 Å². The minimum absolute atomic E-state index is 0.00329. The highest BCUT2D eigenvalue weighted by atomic mass is 16.2. The molecule has 0 saturated carbocycles. The van der Waals surface area contributed by atoms with Crippen molar-refractivity contribution in [2.45, 2.75) is 51.5 Å². The van der Waals surface area contributed by atoms with E-state index in [1.165, 1.54) is 0 Å². The molecule has 2 amide bonds. The van der Waals surface area contributed by atoms with Gasteiger partial charge in [-0.25, -0.2) is 0 Å². The lowest BCUT2D eigenvalue weighted by Gasteiger charge is -2.16. The van der Waals surface area contributed by atoms with Gasteiger partial charge in [-0.2, -0.15) is 0 Å². The van der Waals surface area contributed by atoms with Gasteiger partial charge in [0.15, 0.2) is 5.78 Å². The Bertz CT molecular complexity index is 433. The fourth-order valence-electron chi connectivity index (χ4n) is 2.56. The fraction of sp³-hybridized carbons (Fsp3) is 0.833. The van der Waals surface area contributed by atoms with Gasteiger partial charge in [0, 0.05) is 19.1 Å². The van der Waals surface area contributed by atoms with Crippen LogP contribution in [0.4, 0.5) is 0 Å². The molecular formula is C18H38N6O3. The van der Waals surface area contributed by atoms with Gasteiger partial charge in [0.05, 0.1) is 19.1 Å². The summed E-state index contributed by atoms with van der Waals surface area (Å²) in [6.07, 6.45) is 4.96. The molecule has 0 radical (unpaired) electrons. The number of nitrogens with two attached hydrogens (primary N) is 2. The molecule has 0 bridgehead atoms. The molecule has 2 atom stereocenters. The zero-order chi connectivity index (χ0) is 20.5. The third kappa shape index (κ3) is 14.2. The second-order valence-electron chi connectivity index (χ2n) is 6.77. The number of primary amides is 1. The van der Waals surface area contributed by atoms with Crippen LogP contribution in [0.15, 0.2) is 0 Å². The SMILES string of the molecule is CN[C@@H](CCCCNCC(=O)CNCN)C(=O)NCCCC[C@H](C)C(N)=O. The standard InChI is InChI=1S/C18H38N6O3/c1-14(17(20)26)7-3-6-10-24-18(27)16(21-2)8-4-5-9-22-11-15(25)12-23-13-19/h14,16,21-23H,3-13,19H2,1-2H3,(H2,20,26)(H,24,27)/t14-,16-/m0/s1. The minimum atomic E-state index is -0.277. The number of hydrogen-bond acceptors (Lipinski definition) is 7. The Kier molecular flexibility index (Phi) is 15.7. The largest absolute Gasteiger partial charge is 0.369 e. The van der Waals surface area contributed by atoms with Gasteiger partial charge in [0.25, 0.3) is 0 Å². The van der Waals surface area contributed by atoms with E-state index in [4.69, 9.17) is 11.5 Å². The molecule has 0 aromatic rings. The van der Waals surface area contributed by atoms with Crippen LogP contribution >= 0.6 is 0 Å². The Hall–Kier alpha value is -1.55. The van der Waals surface area contributed by atoms with E-state index in [1.54, 1.807) is 7.05 Å². The highest BCUT2D eigenvalue weighted by Crippen LogP contribution is 2.06. The molecule has 8 N–H and O–H groups in total. The van der Waals surface area contributed by atoms with Gasteiger partial charge in [0.2, 0.25) is 11.8 Å². The van der Waals surface area contributed by atoms with Crippen LogP contribution in [0, 0.1) is 5.92 Å². The van der Waals surface area contributed by atoms with Gasteiger partial charge in [-0.05, 0) is 39.3 Å². The lowest BCUT2D eigenvalue weighted by molar-refractivity contribution is -0.123. The normalized spacial score (nSPS) is 13.1. The predicted molar refractivity (Wildman–Crippen MR) is 107 cm³/mol. The zero-order valence-corrected chi connectivity index (χ0v) is 16.8. The number of amides is 2. The van der Waals surface area contributed by atoms with Crippen molar-refractivity contribution in [2.75, 3.05) is 39.9 Å². The van der Waals surface area contributed by atoms with E-state index in [0.29, 0.717) is 19.8 Å². The van der Waals surface area contributed by atoms with E-state index in [2.05, 4.69) is 21.3 Å². The summed E-state index contributed by atoms with van der Waals surface area (Å²) < 4.78 is 0. The highest BCUT2D eigenvalue weighted by molar-refractivity contribution is 5.82. The molecule has 9 nitrogen and oxygen atoms in total. The van der Waals surface area contributed by atoms with Crippen LogP contribution in [-0.4, -0.2) is 63.5 Å². The van der Waals surface area contributed by atoms with Crippen LogP contribution in [0.3, 0.4) is 0 Å². The second-order valence-corrected chi connectivity index (χ2v) is 6.77. The maximum absolute atomic E-state index is 12.2.